The second-order valence-electron chi connectivity index (χ2n) is 8.68. The average molecular weight is 478 g/mol. The van der Waals surface area contributed by atoms with Gasteiger partial charge >= 0.3 is 0 Å². The zero-order valence-electron chi connectivity index (χ0n) is 19.5. The van der Waals surface area contributed by atoms with Crippen molar-refractivity contribution >= 4 is 45.8 Å². The van der Waals surface area contributed by atoms with Crippen molar-refractivity contribution in [3.8, 4) is 0 Å². The maximum Gasteiger partial charge on any atom is 0.259 e. The molecule has 1 aliphatic heterocycles. The van der Waals surface area contributed by atoms with Crippen molar-refractivity contribution in [2.75, 3.05) is 11.4 Å². The van der Waals surface area contributed by atoms with E-state index in [1.165, 1.54) is 9.80 Å². The van der Waals surface area contributed by atoms with Crippen LogP contribution in [0.3, 0.4) is 0 Å². The highest BCUT2D eigenvalue weighted by molar-refractivity contribution is 6.31. The second kappa shape index (κ2) is 9.85. The molecule has 176 valence electrons. The molecule has 3 aromatic carbocycles. The summed E-state index contributed by atoms with van der Waals surface area (Å²) in [7, 11) is 0. The van der Waals surface area contributed by atoms with E-state index in [0.717, 1.165) is 22.8 Å². The largest absolute Gasteiger partial charge is 0.352 e. The first kappa shape index (κ1) is 23.8. The van der Waals surface area contributed by atoms with Gasteiger partial charge in [-0.25, -0.2) is 0 Å². The maximum atomic E-state index is 13.6. The summed E-state index contributed by atoms with van der Waals surface area (Å²) in [5.74, 6) is -0.785. The number of nitrogens with one attached hydrogen (secondary N) is 1. The lowest BCUT2D eigenvalue weighted by atomic mass is 10.1. The van der Waals surface area contributed by atoms with E-state index in [1.54, 1.807) is 19.1 Å². The van der Waals surface area contributed by atoms with Gasteiger partial charge in [0.1, 0.15) is 12.6 Å². The summed E-state index contributed by atoms with van der Waals surface area (Å²) < 4.78 is 0. The lowest BCUT2D eigenvalue weighted by molar-refractivity contribution is -0.139. The lowest BCUT2D eigenvalue weighted by Crippen LogP contribution is -2.52. The van der Waals surface area contributed by atoms with E-state index < -0.39 is 6.04 Å². The predicted octanol–water partition coefficient (Wildman–Crippen LogP) is 4.79. The third-order valence-electron chi connectivity index (χ3n) is 6.41. The lowest BCUT2D eigenvalue weighted by Gasteiger charge is -2.31. The SMILES string of the molecule is CC[C@H](C)NC(=O)[C@@H](C)N(Cc1ccccc1Cl)C(=O)CN1C(=O)c2cccc3cccc1c23. The molecule has 4 rings (SSSR count). The number of carbonyl (C=O) groups is 3. The van der Waals surface area contributed by atoms with Crippen LogP contribution in [0.5, 0.6) is 0 Å². The smallest absolute Gasteiger partial charge is 0.259 e. The Hall–Kier alpha value is -3.38. The van der Waals surface area contributed by atoms with Crippen LogP contribution in [0.1, 0.15) is 43.1 Å². The molecule has 2 atom stereocenters. The molecule has 0 bridgehead atoms. The Kier molecular flexibility index (Phi) is 6.89. The third-order valence-corrected chi connectivity index (χ3v) is 6.78. The van der Waals surface area contributed by atoms with Gasteiger partial charge in [-0.15, -0.1) is 0 Å². The molecule has 0 unspecified atom stereocenters. The minimum Gasteiger partial charge on any atom is -0.352 e. The quantitative estimate of drug-likeness (QED) is 0.507. The van der Waals surface area contributed by atoms with Crippen LogP contribution in [0.15, 0.2) is 60.7 Å². The van der Waals surface area contributed by atoms with Gasteiger partial charge < -0.3 is 10.2 Å². The molecule has 0 saturated carbocycles. The van der Waals surface area contributed by atoms with Crippen molar-refractivity contribution in [2.24, 2.45) is 0 Å². The molecule has 7 heteroatoms. The summed E-state index contributed by atoms with van der Waals surface area (Å²) >= 11 is 6.37. The van der Waals surface area contributed by atoms with E-state index in [2.05, 4.69) is 5.32 Å². The van der Waals surface area contributed by atoms with E-state index >= 15 is 0 Å². The Morgan fingerprint density at radius 3 is 2.44 bits per heavy atom. The van der Waals surface area contributed by atoms with Gasteiger partial charge in [0.2, 0.25) is 11.8 Å². The number of carbonyl (C=O) groups excluding carboxylic acids is 3. The molecule has 1 heterocycles. The maximum absolute atomic E-state index is 13.6. The molecule has 0 saturated heterocycles. The Bertz CT molecular complexity index is 1250. The molecule has 0 aromatic heterocycles. The van der Waals surface area contributed by atoms with Crippen molar-refractivity contribution in [3.05, 3.63) is 76.8 Å². The number of amides is 3. The van der Waals surface area contributed by atoms with Gasteiger partial charge in [0.05, 0.1) is 5.69 Å². The molecule has 34 heavy (non-hydrogen) atoms. The van der Waals surface area contributed by atoms with Crippen LogP contribution in [0, 0.1) is 0 Å². The fourth-order valence-electron chi connectivity index (χ4n) is 4.22. The van der Waals surface area contributed by atoms with Gasteiger partial charge in [0, 0.05) is 28.6 Å². The number of halogens is 1. The Morgan fingerprint density at radius 1 is 1.03 bits per heavy atom. The number of hydrogen-bond acceptors (Lipinski definition) is 3. The molecule has 1 N–H and O–H groups in total. The monoisotopic (exact) mass is 477 g/mol. The topological polar surface area (TPSA) is 69.7 Å². The molecule has 6 nitrogen and oxygen atoms in total. The van der Waals surface area contributed by atoms with Gasteiger partial charge in [0.15, 0.2) is 0 Å². The van der Waals surface area contributed by atoms with E-state index in [0.29, 0.717) is 16.3 Å². The summed E-state index contributed by atoms with van der Waals surface area (Å²) in [5.41, 5.74) is 2.03. The van der Waals surface area contributed by atoms with Crippen LogP contribution < -0.4 is 10.2 Å². The molecule has 3 aromatic rings. The second-order valence-corrected chi connectivity index (χ2v) is 9.09. The van der Waals surface area contributed by atoms with Crippen molar-refractivity contribution in [2.45, 2.75) is 45.8 Å². The average Bonchev–Trinajstić information content (AvgIpc) is 3.11. The zero-order chi connectivity index (χ0) is 24.4. The third kappa shape index (κ3) is 4.50. The summed E-state index contributed by atoms with van der Waals surface area (Å²) in [4.78, 5) is 42.8. The highest BCUT2D eigenvalue weighted by atomic mass is 35.5. The first-order chi connectivity index (χ1) is 16.3. The first-order valence-corrected chi connectivity index (χ1v) is 11.9. The summed E-state index contributed by atoms with van der Waals surface area (Å²) in [6.45, 7) is 5.60. The fraction of sp³-hybridized carbons (Fsp3) is 0.296. The van der Waals surface area contributed by atoms with Crippen molar-refractivity contribution in [1.82, 2.24) is 10.2 Å². The van der Waals surface area contributed by atoms with Crippen LogP contribution >= 0.6 is 11.6 Å². The van der Waals surface area contributed by atoms with Crippen LogP contribution in [0.25, 0.3) is 10.8 Å². The standard InChI is InChI=1S/C27H28ClN3O3/c1-4-17(2)29-26(33)18(3)30(15-20-9-5-6-13-22(20)28)24(32)16-31-23-14-8-11-19-10-7-12-21(25(19)23)27(31)34/h5-14,17-18H,4,15-16H2,1-3H3,(H,29,33)/t17-,18+/m0/s1. The van der Waals surface area contributed by atoms with E-state index in [4.69, 9.17) is 11.6 Å². The minimum absolute atomic E-state index is 0.0144. The van der Waals surface area contributed by atoms with E-state index in [9.17, 15) is 14.4 Å². The molecule has 0 aliphatic carbocycles. The Balaban J connectivity index is 1.63. The molecule has 3 amide bonds. The number of rotatable bonds is 8. The van der Waals surface area contributed by atoms with Crippen LogP contribution in [-0.2, 0) is 16.1 Å². The molecular formula is C27H28ClN3O3. The minimum atomic E-state index is -0.742. The first-order valence-electron chi connectivity index (χ1n) is 11.5. The van der Waals surface area contributed by atoms with Crippen molar-refractivity contribution in [3.63, 3.8) is 0 Å². The number of hydrogen-bond donors (Lipinski definition) is 1. The molecule has 0 fully saturated rings. The molecule has 1 aliphatic rings. The van der Waals surface area contributed by atoms with Crippen molar-refractivity contribution < 1.29 is 14.4 Å². The fourth-order valence-corrected chi connectivity index (χ4v) is 4.42. The van der Waals surface area contributed by atoms with Crippen LogP contribution in [-0.4, -0.2) is 41.2 Å². The van der Waals surface area contributed by atoms with E-state index in [1.807, 2.05) is 62.4 Å². The van der Waals surface area contributed by atoms with Crippen LogP contribution in [0.2, 0.25) is 5.02 Å². The highest BCUT2D eigenvalue weighted by Crippen LogP contribution is 2.37. The number of benzene rings is 3. The summed E-state index contributed by atoms with van der Waals surface area (Å²) in [5, 5.41) is 5.27. The Labute approximate surface area is 204 Å². The zero-order valence-corrected chi connectivity index (χ0v) is 20.3. The molecule has 0 radical (unpaired) electrons. The summed E-state index contributed by atoms with van der Waals surface area (Å²) in [6.07, 6.45) is 0.779. The highest BCUT2D eigenvalue weighted by Gasteiger charge is 2.34. The van der Waals surface area contributed by atoms with Gasteiger partial charge in [-0.2, -0.15) is 0 Å². The molecule has 0 spiro atoms. The predicted molar refractivity (Wildman–Crippen MR) is 135 cm³/mol. The summed E-state index contributed by atoms with van der Waals surface area (Å²) in [6, 6.07) is 17.7. The van der Waals surface area contributed by atoms with E-state index in [-0.39, 0.29) is 36.9 Å². The number of anilines is 1. The van der Waals surface area contributed by atoms with Gasteiger partial charge in [-0.05, 0) is 49.4 Å². The van der Waals surface area contributed by atoms with Gasteiger partial charge in [-0.1, -0.05) is 61.0 Å². The molecular weight excluding hydrogens is 450 g/mol. The van der Waals surface area contributed by atoms with Gasteiger partial charge in [0.25, 0.3) is 5.91 Å². The Morgan fingerprint density at radius 2 is 1.74 bits per heavy atom. The van der Waals surface area contributed by atoms with Crippen molar-refractivity contribution in [1.29, 1.82) is 0 Å². The number of nitrogens with zero attached hydrogens (tertiary/aromatic N) is 2. The van der Waals surface area contributed by atoms with Crippen LogP contribution in [0.4, 0.5) is 5.69 Å². The van der Waals surface area contributed by atoms with Gasteiger partial charge in [-0.3, -0.25) is 19.3 Å². The normalized spacial score (nSPS) is 14.2.